The molecule has 1 atom stereocenters. The fourth-order valence-electron chi connectivity index (χ4n) is 4.82. The van der Waals surface area contributed by atoms with Gasteiger partial charge >= 0.3 is 0 Å². The molecule has 0 spiro atoms. The summed E-state index contributed by atoms with van der Waals surface area (Å²) < 4.78 is 15.0. The highest BCUT2D eigenvalue weighted by Gasteiger charge is 2.34. The molecule has 1 amide bonds. The third-order valence-electron chi connectivity index (χ3n) is 7.10. The molecule has 0 unspecified atom stereocenters. The number of hydrogen-bond acceptors (Lipinski definition) is 9. The van der Waals surface area contributed by atoms with Crippen LogP contribution in [0.5, 0.6) is 0 Å². The van der Waals surface area contributed by atoms with Gasteiger partial charge in [-0.1, -0.05) is 12.1 Å². The molecular weight excluding hydrogens is 499 g/mol. The molecule has 3 aromatic rings. The minimum absolute atomic E-state index is 0.178. The summed E-state index contributed by atoms with van der Waals surface area (Å²) in [6.07, 6.45) is 4.32. The van der Waals surface area contributed by atoms with Gasteiger partial charge < -0.3 is 30.9 Å². The van der Waals surface area contributed by atoms with Crippen LogP contribution in [-0.4, -0.2) is 70.6 Å². The van der Waals surface area contributed by atoms with E-state index < -0.39 is 5.60 Å². The zero-order valence-electron chi connectivity index (χ0n) is 22.2. The van der Waals surface area contributed by atoms with Crippen molar-refractivity contribution in [1.29, 1.82) is 0 Å². The third kappa shape index (κ3) is 5.84. The van der Waals surface area contributed by atoms with Crippen LogP contribution in [0.4, 0.5) is 33.3 Å². The number of hydrogen-bond donors (Lipinski definition) is 4. The highest BCUT2D eigenvalue weighted by atomic mass is 19.1. The van der Waals surface area contributed by atoms with E-state index in [0.717, 1.165) is 38.2 Å². The largest absolute Gasteiger partial charge is 0.384 e. The van der Waals surface area contributed by atoms with E-state index in [-0.39, 0.29) is 35.6 Å². The van der Waals surface area contributed by atoms with Crippen molar-refractivity contribution < 1.29 is 14.3 Å². The van der Waals surface area contributed by atoms with Crippen LogP contribution in [0.1, 0.15) is 35.0 Å². The van der Waals surface area contributed by atoms with Gasteiger partial charge in [-0.15, -0.1) is 6.58 Å². The average molecular weight is 533 g/mol. The Balaban J connectivity index is 1.40. The summed E-state index contributed by atoms with van der Waals surface area (Å²) in [6.45, 7) is 8.94. The van der Waals surface area contributed by atoms with Crippen LogP contribution in [0.2, 0.25) is 0 Å². The molecule has 4 N–H and O–H groups in total. The lowest BCUT2D eigenvalue weighted by atomic mass is 10.0. The Hall–Kier alpha value is -4.09. The number of pyridine rings is 1. The van der Waals surface area contributed by atoms with Gasteiger partial charge in [0.2, 0.25) is 5.95 Å². The van der Waals surface area contributed by atoms with Crippen LogP contribution in [0.3, 0.4) is 0 Å². The van der Waals surface area contributed by atoms with Crippen molar-refractivity contribution in [3.8, 4) is 0 Å². The van der Waals surface area contributed by atoms with E-state index in [0.29, 0.717) is 29.3 Å². The standard InChI is InChI=1S/C28H33FN8O2/c1-4-11-30-26(38)20-17-31-27(32-19-6-7-22(21(29)16-19)37-14-12-36(3)13-15-37)35-25(20)34-23-8-5-18-9-10-28(2,39)24(18)33-23/h4-8,16-17,39H,1,9-15H2,2-3H3,(H,30,38)(H2,31,32,33,34,35)/t28-/m0/s1. The predicted octanol–water partition coefficient (Wildman–Crippen LogP) is 3.32. The molecule has 1 aliphatic heterocycles. The van der Waals surface area contributed by atoms with E-state index in [2.05, 4.69) is 49.4 Å². The molecule has 0 saturated carbocycles. The van der Waals surface area contributed by atoms with Crippen molar-refractivity contribution in [2.75, 3.05) is 55.3 Å². The number of aryl methyl sites for hydroxylation is 1. The summed E-state index contributed by atoms with van der Waals surface area (Å²) in [5.74, 6) is 0.102. The molecular formula is C28H33FN8O2. The van der Waals surface area contributed by atoms with Gasteiger partial charge in [0.05, 0.1) is 11.4 Å². The van der Waals surface area contributed by atoms with E-state index in [1.54, 1.807) is 31.2 Å². The van der Waals surface area contributed by atoms with E-state index in [4.69, 9.17) is 0 Å². The van der Waals surface area contributed by atoms with Crippen LogP contribution in [-0.2, 0) is 12.0 Å². The van der Waals surface area contributed by atoms with Crippen molar-refractivity contribution in [3.63, 3.8) is 0 Å². The predicted molar refractivity (Wildman–Crippen MR) is 149 cm³/mol. The Morgan fingerprint density at radius 1 is 1.18 bits per heavy atom. The molecule has 1 saturated heterocycles. The maximum Gasteiger partial charge on any atom is 0.256 e. The monoisotopic (exact) mass is 532 g/mol. The molecule has 39 heavy (non-hydrogen) atoms. The highest BCUT2D eigenvalue weighted by Crippen LogP contribution is 2.36. The zero-order valence-corrected chi connectivity index (χ0v) is 22.2. The van der Waals surface area contributed by atoms with Crippen LogP contribution < -0.4 is 20.9 Å². The SMILES string of the molecule is C=CCNC(=O)c1cnc(Nc2ccc(N3CCN(C)CC3)c(F)c2)nc1Nc1ccc2c(n1)[C@@](C)(O)CC2. The molecule has 3 heterocycles. The number of fused-ring (bicyclic) bond motifs is 1. The van der Waals surface area contributed by atoms with Gasteiger partial charge in [0.25, 0.3) is 5.91 Å². The number of anilines is 5. The summed E-state index contributed by atoms with van der Waals surface area (Å²) in [4.78, 5) is 30.5. The minimum Gasteiger partial charge on any atom is -0.384 e. The number of nitrogens with one attached hydrogen (secondary N) is 3. The lowest BCUT2D eigenvalue weighted by Crippen LogP contribution is -2.44. The van der Waals surface area contributed by atoms with Crippen molar-refractivity contribution >= 4 is 34.9 Å². The van der Waals surface area contributed by atoms with Gasteiger partial charge in [-0.05, 0) is 56.6 Å². The topological polar surface area (TPSA) is 119 Å². The van der Waals surface area contributed by atoms with Gasteiger partial charge in [0.15, 0.2) is 0 Å². The van der Waals surface area contributed by atoms with Crippen molar-refractivity contribution in [2.45, 2.75) is 25.4 Å². The first-order chi connectivity index (χ1) is 18.7. The van der Waals surface area contributed by atoms with Crippen LogP contribution in [0.15, 0.2) is 49.2 Å². The molecule has 2 aromatic heterocycles. The third-order valence-corrected chi connectivity index (χ3v) is 7.10. The number of aliphatic hydroxyl groups is 1. The first kappa shape index (κ1) is 26.5. The summed E-state index contributed by atoms with van der Waals surface area (Å²) in [5, 5.41) is 19.6. The van der Waals surface area contributed by atoms with E-state index in [1.807, 2.05) is 11.0 Å². The van der Waals surface area contributed by atoms with Crippen molar-refractivity contribution in [1.82, 2.24) is 25.2 Å². The first-order valence-corrected chi connectivity index (χ1v) is 13.0. The number of halogens is 1. The van der Waals surface area contributed by atoms with Gasteiger partial charge in [-0.25, -0.2) is 14.4 Å². The average Bonchev–Trinajstić information content (AvgIpc) is 3.22. The Bertz CT molecular complexity index is 1390. The number of likely N-dealkylation sites (N-methyl/N-ethyl adjacent to an activating group) is 1. The number of benzene rings is 1. The quantitative estimate of drug-likeness (QED) is 0.324. The van der Waals surface area contributed by atoms with E-state index in [9.17, 15) is 9.90 Å². The molecule has 1 fully saturated rings. The molecule has 2 aliphatic rings. The van der Waals surface area contributed by atoms with Crippen LogP contribution >= 0.6 is 0 Å². The number of carbonyl (C=O) groups is 1. The zero-order chi connectivity index (χ0) is 27.6. The van der Waals surface area contributed by atoms with Crippen LogP contribution in [0, 0.1) is 5.82 Å². The Labute approximate surface area is 227 Å². The molecule has 11 heteroatoms. The maximum atomic E-state index is 15.0. The summed E-state index contributed by atoms with van der Waals surface area (Å²) in [6, 6.07) is 8.64. The second-order valence-corrected chi connectivity index (χ2v) is 10.1. The number of amides is 1. The number of piperazine rings is 1. The van der Waals surface area contributed by atoms with Gasteiger partial charge in [-0.2, -0.15) is 4.98 Å². The normalized spacial score (nSPS) is 18.9. The molecule has 0 bridgehead atoms. The van der Waals surface area contributed by atoms with Gasteiger partial charge in [0.1, 0.15) is 28.6 Å². The second kappa shape index (κ2) is 11.0. The molecule has 5 rings (SSSR count). The molecule has 1 aliphatic carbocycles. The lowest BCUT2D eigenvalue weighted by Gasteiger charge is -2.34. The van der Waals surface area contributed by atoms with Crippen molar-refractivity contribution in [3.05, 3.63) is 71.8 Å². The fourth-order valence-corrected chi connectivity index (χ4v) is 4.82. The number of rotatable bonds is 8. The minimum atomic E-state index is -1.02. The molecule has 10 nitrogen and oxygen atoms in total. The summed E-state index contributed by atoms with van der Waals surface area (Å²) in [5.41, 5.74) is 1.82. The molecule has 204 valence electrons. The van der Waals surface area contributed by atoms with Crippen LogP contribution in [0.25, 0.3) is 0 Å². The second-order valence-electron chi connectivity index (χ2n) is 10.1. The van der Waals surface area contributed by atoms with E-state index in [1.165, 1.54) is 12.3 Å². The molecule has 1 aromatic carbocycles. The summed E-state index contributed by atoms with van der Waals surface area (Å²) in [7, 11) is 2.06. The smallest absolute Gasteiger partial charge is 0.256 e. The van der Waals surface area contributed by atoms with Gasteiger partial charge in [-0.3, -0.25) is 4.79 Å². The van der Waals surface area contributed by atoms with Gasteiger partial charge in [0, 0.05) is 44.6 Å². The lowest BCUT2D eigenvalue weighted by molar-refractivity contribution is 0.0555. The highest BCUT2D eigenvalue weighted by molar-refractivity contribution is 5.99. The maximum absolute atomic E-state index is 15.0. The Morgan fingerprint density at radius 2 is 1.97 bits per heavy atom. The first-order valence-electron chi connectivity index (χ1n) is 13.0. The Kier molecular flexibility index (Phi) is 7.45. The Morgan fingerprint density at radius 3 is 2.72 bits per heavy atom. The summed E-state index contributed by atoms with van der Waals surface area (Å²) >= 11 is 0. The fraction of sp³-hybridized carbons (Fsp3) is 0.357. The van der Waals surface area contributed by atoms with E-state index >= 15 is 4.39 Å². The molecule has 0 radical (unpaired) electrons. The number of nitrogens with zero attached hydrogens (tertiary/aromatic N) is 5. The number of carbonyl (C=O) groups excluding carboxylic acids is 1. The van der Waals surface area contributed by atoms with Crippen molar-refractivity contribution in [2.24, 2.45) is 0 Å². The number of aromatic nitrogens is 3.